The molecule has 7 heteroatoms. The van der Waals surface area contributed by atoms with E-state index in [0.29, 0.717) is 24.0 Å². The van der Waals surface area contributed by atoms with Gasteiger partial charge in [0.1, 0.15) is 0 Å². The Kier molecular flexibility index (Phi) is 5.54. The zero-order chi connectivity index (χ0) is 14.6. The van der Waals surface area contributed by atoms with Crippen LogP contribution in [0.4, 0.5) is 0 Å². The van der Waals surface area contributed by atoms with Crippen molar-refractivity contribution in [3.05, 3.63) is 18.0 Å². The number of hydrogen-bond acceptors (Lipinski definition) is 4. The quantitative estimate of drug-likeness (QED) is 0.679. The zero-order valence-electron chi connectivity index (χ0n) is 12.1. The van der Waals surface area contributed by atoms with E-state index < -0.39 is 10.0 Å². The number of sulfonamides is 1. The van der Waals surface area contributed by atoms with Crippen LogP contribution in [0.5, 0.6) is 0 Å². The zero-order valence-corrected chi connectivity index (χ0v) is 13.7. The lowest BCUT2D eigenvalue weighted by molar-refractivity contribution is 0.583. The topological polar surface area (TPSA) is 63.1 Å². The van der Waals surface area contributed by atoms with Crippen LogP contribution in [0.25, 0.3) is 0 Å². The Morgan fingerprint density at radius 2 is 2.20 bits per heavy atom. The molecule has 0 aromatic carbocycles. The molecule has 1 aliphatic rings. The van der Waals surface area contributed by atoms with Crippen molar-refractivity contribution in [2.45, 2.75) is 37.2 Å². The first-order chi connectivity index (χ1) is 9.58. The number of aromatic nitrogens is 1. The molecule has 0 atom stereocenters. The highest BCUT2D eigenvalue weighted by molar-refractivity contribution is 7.98. The molecule has 114 valence electrons. The van der Waals surface area contributed by atoms with Gasteiger partial charge in [0.15, 0.2) is 0 Å². The minimum Gasteiger partial charge on any atom is -0.346 e. The molecule has 1 fully saturated rings. The van der Waals surface area contributed by atoms with Gasteiger partial charge in [-0.3, -0.25) is 0 Å². The lowest BCUT2D eigenvalue weighted by atomic mass is 10.4. The van der Waals surface area contributed by atoms with E-state index in [1.165, 1.54) is 0 Å². The standard InChI is InChI=1S/C13H23N3O2S2/c1-3-14-9-12-8-13(10-16(12)11-4-5-11)20(17,18)15-6-7-19-2/h8,10-11,14-15H,3-7,9H2,1-2H3. The molecule has 0 radical (unpaired) electrons. The second-order valence-electron chi connectivity index (χ2n) is 4.98. The second-order valence-corrected chi connectivity index (χ2v) is 7.73. The van der Waals surface area contributed by atoms with Crippen molar-refractivity contribution in [3.63, 3.8) is 0 Å². The van der Waals surface area contributed by atoms with E-state index in [4.69, 9.17) is 0 Å². The smallest absolute Gasteiger partial charge is 0.242 e. The van der Waals surface area contributed by atoms with Crippen molar-refractivity contribution >= 4 is 21.8 Å². The number of nitrogens with one attached hydrogen (secondary N) is 2. The molecule has 0 spiro atoms. The molecule has 1 saturated carbocycles. The van der Waals surface area contributed by atoms with Gasteiger partial charge in [-0.2, -0.15) is 11.8 Å². The van der Waals surface area contributed by atoms with Crippen LogP contribution in [0.1, 0.15) is 31.5 Å². The summed E-state index contributed by atoms with van der Waals surface area (Å²) < 4.78 is 29.2. The molecule has 2 N–H and O–H groups in total. The van der Waals surface area contributed by atoms with Crippen LogP contribution in [0.15, 0.2) is 17.2 Å². The van der Waals surface area contributed by atoms with Gasteiger partial charge in [-0.25, -0.2) is 13.1 Å². The Morgan fingerprint density at radius 3 is 2.80 bits per heavy atom. The van der Waals surface area contributed by atoms with Gasteiger partial charge >= 0.3 is 0 Å². The molecule has 0 aliphatic heterocycles. The fourth-order valence-corrected chi connectivity index (χ4v) is 3.61. The highest BCUT2D eigenvalue weighted by atomic mass is 32.2. The molecule has 0 unspecified atom stereocenters. The minimum atomic E-state index is -3.38. The Balaban J connectivity index is 2.14. The molecular weight excluding hydrogens is 294 g/mol. The second kappa shape index (κ2) is 6.98. The van der Waals surface area contributed by atoms with E-state index in [2.05, 4.69) is 14.6 Å². The van der Waals surface area contributed by atoms with Gasteiger partial charge in [0, 0.05) is 36.8 Å². The molecule has 0 amide bonds. The lowest BCUT2D eigenvalue weighted by Gasteiger charge is -2.07. The monoisotopic (exact) mass is 317 g/mol. The average molecular weight is 317 g/mol. The van der Waals surface area contributed by atoms with Crippen molar-refractivity contribution in [2.75, 3.05) is 25.1 Å². The van der Waals surface area contributed by atoms with Crippen molar-refractivity contribution in [1.82, 2.24) is 14.6 Å². The van der Waals surface area contributed by atoms with Crippen LogP contribution >= 0.6 is 11.8 Å². The summed E-state index contributed by atoms with van der Waals surface area (Å²) in [5.74, 6) is 0.785. The Labute approximate surface area is 125 Å². The summed E-state index contributed by atoms with van der Waals surface area (Å²) in [7, 11) is -3.38. The number of rotatable bonds is 9. The summed E-state index contributed by atoms with van der Waals surface area (Å²) >= 11 is 1.63. The van der Waals surface area contributed by atoms with Crippen LogP contribution in [0.2, 0.25) is 0 Å². The molecule has 1 heterocycles. The molecule has 0 saturated heterocycles. The van der Waals surface area contributed by atoms with Crippen molar-refractivity contribution in [1.29, 1.82) is 0 Å². The van der Waals surface area contributed by atoms with E-state index in [1.807, 2.05) is 13.2 Å². The lowest BCUT2D eigenvalue weighted by Crippen LogP contribution is -2.25. The third kappa shape index (κ3) is 4.00. The first-order valence-electron chi connectivity index (χ1n) is 6.98. The van der Waals surface area contributed by atoms with Crippen LogP contribution in [-0.2, 0) is 16.6 Å². The molecule has 0 bridgehead atoms. The molecule has 1 aliphatic carbocycles. The van der Waals surface area contributed by atoms with Crippen LogP contribution in [0.3, 0.4) is 0 Å². The fourth-order valence-electron chi connectivity index (χ4n) is 2.09. The third-order valence-corrected chi connectivity index (χ3v) is 5.35. The summed E-state index contributed by atoms with van der Waals surface area (Å²) in [6.45, 7) is 4.11. The van der Waals surface area contributed by atoms with Gasteiger partial charge in [0.2, 0.25) is 10.0 Å². The number of hydrogen-bond donors (Lipinski definition) is 2. The van der Waals surface area contributed by atoms with Crippen LogP contribution in [-0.4, -0.2) is 38.1 Å². The molecular formula is C13H23N3O2S2. The molecule has 20 heavy (non-hydrogen) atoms. The summed E-state index contributed by atoms with van der Waals surface area (Å²) in [4.78, 5) is 0.387. The van der Waals surface area contributed by atoms with E-state index in [0.717, 1.165) is 30.8 Å². The Hall–Kier alpha value is -0.500. The maximum Gasteiger partial charge on any atom is 0.242 e. The highest BCUT2D eigenvalue weighted by Gasteiger charge is 2.27. The Morgan fingerprint density at radius 1 is 1.45 bits per heavy atom. The third-order valence-electron chi connectivity index (χ3n) is 3.31. The fraction of sp³-hybridized carbons (Fsp3) is 0.692. The van der Waals surface area contributed by atoms with Gasteiger partial charge in [0.25, 0.3) is 0 Å². The normalized spacial score (nSPS) is 15.7. The summed E-state index contributed by atoms with van der Waals surface area (Å²) in [5, 5.41) is 3.27. The predicted molar refractivity (Wildman–Crippen MR) is 83.7 cm³/mol. The molecule has 1 aromatic rings. The van der Waals surface area contributed by atoms with E-state index in [1.54, 1.807) is 24.0 Å². The van der Waals surface area contributed by atoms with Crippen LogP contribution in [0, 0.1) is 0 Å². The highest BCUT2D eigenvalue weighted by Crippen LogP contribution is 2.37. The minimum absolute atomic E-state index is 0.387. The number of thioether (sulfide) groups is 1. The molecule has 5 nitrogen and oxygen atoms in total. The van der Waals surface area contributed by atoms with Crippen molar-refractivity contribution in [2.24, 2.45) is 0 Å². The number of nitrogens with zero attached hydrogens (tertiary/aromatic N) is 1. The molecule has 2 rings (SSSR count). The van der Waals surface area contributed by atoms with Gasteiger partial charge in [-0.05, 0) is 31.7 Å². The SMILES string of the molecule is CCNCc1cc(S(=O)(=O)NCCSC)cn1C1CC1. The first-order valence-corrected chi connectivity index (χ1v) is 9.86. The van der Waals surface area contributed by atoms with Gasteiger partial charge in [-0.15, -0.1) is 0 Å². The first kappa shape index (κ1) is 15.9. The van der Waals surface area contributed by atoms with E-state index >= 15 is 0 Å². The van der Waals surface area contributed by atoms with Crippen molar-refractivity contribution < 1.29 is 8.42 Å². The molecule has 1 aromatic heterocycles. The van der Waals surface area contributed by atoms with E-state index in [9.17, 15) is 8.42 Å². The largest absolute Gasteiger partial charge is 0.346 e. The maximum atomic E-state index is 12.2. The maximum absolute atomic E-state index is 12.2. The predicted octanol–water partition coefficient (Wildman–Crippen LogP) is 1.57. The van der Waals surface area contributed by atoms with E-state index in [-0.39, 0.29) is 0 Å². The van der Waals surface area contributed by atoms with Gasteiger partial charge < -0.3 is 9.88 Å². The van der Waals surface area contributed by atoms with Crippen molar-refractivity contribution in [3.8, 4) is 0 Å². The van der Waals surface area contributed by atoms with Crippen LogP contribution < -0.4 is 10.0 Å². The van der Waals surface area contributed by atoms with Gasteiger partial charge in [0.05, 0.1) is 4.90 Å². The average Bonchev–Trinajstić information content (AvgIpc) is 3.16. The summed E-state index contributed by atoms with van der Waals surface area (Å²) in [6.07, 6.45) is 6.04. The van der Waals surface area contributed by atoms with Gasteiger partial charge in [-0.1, -0.05) is 6.92 Å². The Bertz CT molecular complexity index is 536. The summed E-state index contributed by atoms with van der Waals surface area (Å²) in [5.41, 5.74) is 1.06. The summed E-state index contributed by atoms with van der Waals surface area (Å²) in [6, 6.07) is 2.28.